The van der Waals surface area contributed by atoms with Crippen molar-refractivity contribution in [1.82, 2.24) is 0 Å². The summed E-state index contributed by atoms with van der Waals surface area (Å²) in [7, 11) is 0. The Morgan fingerprint density at radius 1 is 0.895 bits per heavy atom. The minimum Gasteiger partial charge on any atom is -0.459 e. The highest BCUT2D eigenvalue weighted by Crippen LogP contribution is 2.64. The summed E-state index contributed by atoms with van der Waals surface area (Å²) in [6.45, 7) is 8.41. The first-order valence-electron chi connectivity index (χ1n) is 19.3. The standard InChI is InChI=1S/C43H47NO13/c1-22-27(54-38(50)35-41(17-18-41)44-36(55-35)25-13-9-7-10-14-25)20-43(51)34(56-37(49)26-15-11-8-12-16-26)32-40(6,28(47)19-29-42(32,21-52-29)57-24(3)46)33(48)31(53-23(2)45)30(22)39(43,4)5/h7-16,27-29,31-32,34-35,47,51H,17-21H2,1-6H3/t27-,28-,29+,31+,32-,34-,35-,40+,42-,43+/m0/s1. The molecule has 3 saturated carbocycles. The van der Waals surface area contributed by atoms with E-state index in [-0.39, 0.29) is 30.6 Å². The number of ether oxygens (including phenoxy) is 6. The van der Waals surface area contributed by atoms with Gasteiger partial charge in [-0.25, -0.2) is 14.6 Å². The average molecular weight is 786 g/mol. The average Bonchev–Trinajstić information content (AvgIpc) is 3.83. The molecule has 302 valence electrons. The molecule has 0 amide bonds. The number of nitrogens with zero attached hydrogens (tertiary/aromatic N) is 1. The number of Topliss-reactive ketones (excluding diaryl/α,β-unsaturated/α-hetero) is 1. The molecule has 57 heavy (non-hydrogen) atoms. The van der Waals surface area contributed by atoms with E-state index in [9.17, 15) is 29.4 Å². The van der Waals surface area contributed by atoms with Gasteiger partial charge in [-0.2, -0.15) is 0 Å². The molecule has 0 aromatic heterocycles. The van der Waals surface area contributed by atoms with Crippen molar-refractivity contribution in [2.45, 2.75) is 121 Å². The van der Waals surface area contributed by atoms with Crippen molar-refractivity contribution in [3.63, 3.8) is 0 Å². The fourth-order valence-corrected chi connectivity index (χ4v) is 10.2. The molecule has 4 aliphatic carbocycles. The van der Waals surface area contributed by atoms with E-state index in [1.165, 1.54) is 26.0 Å². The van der Waals surface area contributed by atoms with E-state index < -0.39 is 99.8 Å². The van der Waals surface area contributed by atoms with Crippen molar-refractivity contribution in [1.29, 1.82) is 0 Å². The third-order valence-corrected chi connectivity index (χ3v) is 13.5. The number of esters is 4. The van der Waals surface area contributed by atoms with E-state index in [2.05, 4.69) is 0 Å². The van der Waals surface area contributed by atoms with Crippen molar-refractivity contribution >= 4 is 35.6 Å². The van der Waals surface area contributed by atoms with Gasteiger partial charge in [0.25, 0.3) is 0 Å². The molecule has 14 heteroatoms. The van der Waals surface area contributed by atoms with Crippen LogP contribution in [0.15, 0.2) is 76.8 Å². The van der Waals surface area contributed by atoms with Crippen LogP contribution in [0.2, 0.25) is 0 Å². The van der Waals surface area contributed by atoms with Gasteiger partial charge in [0.2, 0.25) is 12.0 Å². The molecule has 2 aromatic carbocycles. The summed E-state index contributed by atoms with van der Waals surface area (Å²) in [4.78, 5) is 74.6. The summed E-state index contributed by atoms with van der Waals surface area (Å²) >= 11 is 0. The Hall–Kier alpha value is -4.92. The summed E-state index contributed by atoms with van der Waals surface area (Å²) in [6, 6.07) is 17.2. The number of aliphatic hydroxyl groups excluding tert-OH is 1. The van der Waals surface area contributed by atoms with Gasteiger partial charge >= 0.3 is 23.9 Å². The van der Waals surface area contributed by atoms with Crippen molar-refractivity contribution in [2.75, 3.05) is 6.61 Å². The van der Waals surface area contributed by atoms with Crippen LogP contribution in [0.5, 0.6) is 0 Å². The van der Waals surface area contributed by atoms with Gasteiger partial charge in [-0.1, -0.05) is 50.2 Å². The quantitative estimate of drug-likeness (QED) is 0.235. The van der Waals surface area contributed by atoms with Gasteiger partial charge in [-0.15, -0.1) is 0 Å². The van der Waals surface area contributed by atoms with Crippen LogP contribution in [0.4, 0.5) is 0 Å². The number of rotatable bonds is 7. The van der Waals surface area contributed by atoms with E-state index in [0.717, 1.165) is 6.92 Å². The molecule has 0 unspecified atom stereocenters. The molecule has 14 nitrogen and oxygen atoms in total. The summed E-state index contributed by atoms with van der Waals surface area (Å²) < 4.78 is 36.7. The van der Waals surface area contributed by atoms with E-state index in [4.69, 9.17) is 33.4 Å². The number of benzene rings is 2. The Bertz CT molecular complexity index is 2090. The molecule has 2 heterocycles. The number of ketones is 1. The number of aliphatic imine (C=N–C) groups is 1. The van der Waals surface area contributed by atoms with E-state index in [1.54, 1.807) is 39.0 Å². The maximum Gasteiger partial charge on any atom is 0.350 e. The lowest BCUT2D eigenvalue weighted by Crippen LogP contribution is -2.82. The molecule has 1 spiro atoms. The molecule has 2 aliphatic heterocycles. The normalized spacial score (nSPS) is 36.8. The first-order chi connectivity index (χ1) is 26.9. The molecule has 8 rings (SSSR count). The fraction of sp³-hybridized carbons (Fsp3) is 0.535. The number of carbonyl (C=O) groups is 5. The van der Waals surface area contributed by atoms with Crippen LogP contribution in [-0.2, 0) is 47.6 Å². The minimum absolute atomic E-state index is 0.116. The van der Waals surface area contributed by atoms with Crippen LogP contribution in [-0.4, -0.2) is 106 Å². The topological polar surface area (TPSA) is 194 Å². The van der Waals surface area contributed by atoms with Crippen molar-refractivity contribution in [2.24, 2.45) is 21.7 Å². The Balaban J connectivity index is 1.29. The predicted octanol–water partition coefficient (Wildman–Crippen LogP) is 3.58. The second-order valence-corrected chi connectivity index (χ2v) is 17.1. The van der Waals surface area contributed by atoms with Crippen molar-refractivity contribution in [3.8, 4) is 0 Å². The van der Waals surface area contributed by atoms with Crippen molar-refractivity contribution < 1.29 is 62.6 Å². The molecule has 1 saturated heterocycles. The van der Waals surface area contributed by atoms with Crippen LogP contribution in [0.1, 0.15) is 83.1 Å². The fourth-order valence-electron chi connectivity index (χ4n) is 10.2. The first kappa shape index (κ1) is 38.9. The molecule has 2 N–H and O–H groups in total. The molecule has 6 aliphatic rings. The molecule has 0 radical (unpaired) electrons. The second kappa shape index (κ2) is 13.3. The zero-order valence-electron chi connectivity index (χ0n) is 32.7. The Morgan fingerprint density at radius 2 is 1.54 bits per heavy atom. The Labute approximate surface area is 329 Å². The van der Waals surface area contributed by atoms with Crippen molar-refractivity contribution in [3.05, 3.63) is 82.9 Å². The lowest BCUT2D eigenvalue weighted by atomic mass is 9.44. The number of fused-ring (bicyclic) bond motifs is 5. The highest BCUT2D eigenvalue weighted by molar-refractivity contribution is 5.99. The van der Waals surface area contributed by atoms with Gasteiger partial charge in [-0.3, -0.25) is 14.4 Å². The first-order valence-corrected chi connectivity index (χ1v) is 19.3. The van der Waals surface area contributed by atoms with Gasteiger partial charge in [0.15, 0.2) is 17.5 Å². The van der Waals surface area contributed by atoms with Crippen LogP contribution >= 0.6 is 0 Å². The lowest BCUT2D eigenvalue weighted by molar-refractivity contribution is -0.346. The summed E-state index contributed by atoms with van der Waals surface area (Å²) in [5.41, 5.74) is -7.07. The van der Waals surface area contributed by atoms with Gasteiger partial charge in [-0.05, 0) is 62.1 Å². The van der Waals surface area contributed by atoms with Crippen LogP contribution in [0, 0.1) is 16.7 Å². The second-order valence-electron chi connectivity index (χ2n) is 17.1. The zero-order chi connectivity index (χ0) is 40.9. The number of carbonyl (C=O) groups excluding carboxylic acids is 5. The molecular weight excluding hydrogens is 738 g/mol. The van der Waals surface area contributed by atoms with Crippen LogP contribution in [0.3, 0.4) is 0 Å². The monoisotopic (exact) mass is 785 g/mol. The maximum absolute atomic E-state index is 15.4. The highest BCUT2D eigenvalue weighted by Gasteiger charge is 2.78. The number of hydrogen-bond acceptors (Lipinski definition) is 14. The molecular formula is C43H47NO13. The molecule has 4 fully saturated rings. The highest BCUT2D eigenvalue weighted by atomic mass is 16.6. The number of hydrogen-bond donors (Lipinski definition) is 2. The Morgan fingerprint density at radius 3 is 2.12 bits per heavy atom. The largest absolute Gasteiger partial charge is 0.459 e. The van der Waals surface area contributed by atoms with Gasteiger partial charge in [0, 0.05) is 37.7 Å². The molecule has 2 bridgehead atoms. The molecule has 10 atom stereocenters. The van der Waals surface area contributed by atoms with E-state index >= 15 is 4.79 Å². The third-order valence-electron chi connectivity index (χ3n) is 13.5. The zero-order valence-corrected chi connectivity index (χ0v) is 32.7. The third kappa shape index (κ3) is 5.77. The van der Waals surface area contributed by atoms with Gasteiger partial charge in [0.05, 0.1) is 29.6 Å². The summed E-state index contributed by atoms with van der Waals surface area (Å²) in [5, 5.41) is 25.7. The van der Waals surface area contributed by atoms with E-state index in [0.29, 0.717) is 29.9 Å². The maximum atomic E-state index is 15.4. The summed E-state index contributed by atoms with van der Waals surface area (Å²) in [6.07, 6.45) is -7.67. The number of aliphatic hydroxyl groups is 2. The minimum atomic E-state index is -2.26. The predicted molar refractivity (Wildman–Crippen MR) is 198 cm³/mol. The van der Waals surface area contributed by atoms with Gasteiger partial charge in [0.1, 0.15) is 29.5 Å². The molecule has 2 aromatic rings. The lowest BCUT2D eigenvalue weighted by Gasteiger charge is -2.67. The summed E-state index contributed by atoms with van der Waals surface area (Å²) in [5.74, 6) is -5.14. The van der Waals surface area contributed by atoms with Crippen LogP contribution in [0.25, 0.3) is 0 Å². The Kier molecular flexibility index (Phi) is 9.10. The van der Waals surface area contributed by atoms with Crippen LogP contribution < -0.4 is 0 Å². The smallest absolute Gasteiger partial charge is 0.350 e. The van der Waals surface area contributed by atoms with E-state index in [1.807, 2.05) is 30.3 Å². The SMILES string of the molecule is CC(=O)O[C@H]1C(=O)[C@@]2(C)[C@H]([C@H](OC(=O)c3ccccc3)[C@]3(O)C[C@H](OC(=O)[C@@H]4OC(c5ccccc5)=NC45CC5)C(C)=C1C3(C)C)[C@]1(OC(C)=O)CO[C@@H]1C[C@@H]2O. The van der Waals surface area contributed by atoms with Gasteiger partial charge < -0.3 is 38.6 Å².